The van der Waals surface area contributed by atoms with Crippen molar-refractivity contribution in [2.45, 2.75) is 52.6 Å². The Morgan fingerprint density at radius 3 is 2.75 bits per heavy atom. The third-order valence-corrected chi connectivity index (χ3v) is 5.17. The summed E-state index contributed by atoms with van der Waals surface area (Å²) in [6.07, 6.45) is 1.82. The number of Topliss-reactive ketones (excluding diaryl/α,β-unsaturated/α-hetero) is 1. The van der Waals surface area contributed by atoms with Crippen molar-refractivity contribution < 1.29 is 14.4 Å². The van der Waals surface area contributed by atoms with Gasteiger partial charge in [0.1, 0.15) is 0 Å². The summed E-state index contributed by atoms with van der Waals surface area (Å²) in [4.78, 5) is 37.4. The summed E-state index contributed by atoms with van der Waals surface area (Å²) in [5.41, 5.74) is 2.17. The van der Waals surface area contributed by atoms with Gasteiger partial charge in [-0.1, -0.05) is 0 Å². The number of nitrogens with one attached hydrogen (secondary N) is 1. The Labute approximate surface area is 141 Å². The van der Waals surface area contributed by atoms with E-state index in [-0.39, 0.29) is 23.6 Å². The van der Waals surface area contributed by atoms with E-state index in [1.165, 1.54) is 6.92 Å². The van der Waals surface area contributed by atoms with Gasteiger partial charge in [0.15, 0.2) is 5.78 Å². The first-order valence-electron chi connectivity index (χ1n) is 8.49. The van der Waals surface area contributed by atoms with Gasteiger partial charge >= 0.3 is 0 Å². The second-order valence-corrected chi connectivity index (χ2v) is 6.84. The maximum Gasteiger partial charge on any atom is 0.224 e. The molecule has 130 valence electrons. The second-order valence-electron chi connectivity index (χ2n) is 6.84. The van der Waals surface area contributed by atoms with Crippen LogP contribution in [0.25, 0.3) is 0 Å². The van der Waals surface area contributed by atoms with Crippen molar-refractivity contribution in [3.63, 3.8) is 0 Å². The van der Waals surface area contributed by atoms with Gasteiger partial charge in [-0.15, -0.1) is 0 Å². The fourth-order valence-corrected chi connectivity index (χ4v) is 3.92. The molecule has 2 aliphatic heterocycles. The lowest BCUT2D eigenvalue weighted by atomic mass is 9.92. The normalized spacial score (nSPS) is 23.1. The van der Waals surface area contributed by atoms with Crippen LogP contribution in [-0.4, -0.2) is 51.4 Å². The number of nitrogens with zero attached hydrogens (tertiary/aromatic N) is 3. The molecule has 1 N–H and O–H groups in total. The van der Waals surface area contributed by atoms with E-state index in [9.17, 15) is 14.4 Å². The van der Waals surface area contributed by atoms with Crippen molar-refractivity contribution in [3.8, 4) is 0 Å². The highest BCUT2D eigenvalue weighted by Gasteiger charge is 2.37. The molecule has 7 heteroatoms. The Morgan fingerprint density at radius 1 is 1.33 bits per heavy atom. The van der Waals surface area contributed by atoms with Crippen LogP contribution in [0.3, 0.4) is 0 Å². The Balaban J connectivity index is 1.59. The average molecular weight is 332 g/mol. The first kappa shape index (κ1) is 16.7. The molecule has 0 aliphatic carbocycles. The number of aryl methyl sites for hydroxylation is 2. The Kier molecular flexibility index (Phi) is 4.43. The largest absolute Gasteiger partial charge is 0.351 e. The third kappa shape index (κ3) is 3.07. The maximum absolute atomic E-state index is 12.5. The topological polar surface area (TPSA) is 84.3 Å². The molecule has 2 fully saturated rings. The lowest BCUT2D eigenvalue weighted by Gasteiger charge is -2.34. The molecule has 0 unspecified atom stereocenters. The summed E-state index contributed by atoms with van der Waals surface area (Å²) >= 11 is 0. The Morgan fingerprint density at radius 2 is 2.08 bits per heavy atom. The van der Waals surface area contributed by atoms with E-state index in [2.05, 4.69) is 10.4 Å². The molecule has 2 aliphatic rings. The standard InChI is InChI=1S/C17H24N4O3/c1-10-17(12(3)22)11(2)21(19-10)7-5-16(24)20-6-4-13-8-15(23)18-14(13)9-20/h13-14H,4-9H2,1-3H3,(H,18,23)/t13-,14-/m1/s1. The Hall–Kier alpha value is -2.18. The van der Waals surface area contributed by atoms with E-state index in [1.807, 2.05) is 18.7 Å². The molecule has 3 rings (SSSR count). The van der Waals surface area contributed by atoms with Crippen LogP contribution in [0.5, 0.6) is 0 Å². The number of rotatable bonds is 4. The molecule has 0 saturated carbocycles. The highest BCUT2D eigenvalue weighted by atomic mass is 16.2. The number of carbonyl (C=O) groups is 3. The first-order valence-corrected chi connectivity index (χ1v) is 8.49. The molecule has 0 radical (unpaired) electrons. The molecule has 0 aromatic carbocycles. The number of carbonyl (C=O) groups excluding carboxylic acids is 3. The molecule has 2 saturated heterocycles. The van der Waals surface area contributed by atoms with Crippen molar-refractivity contribution in [2.75, 3.05) is 13.1 Å². The smallest absolute Gasteiger partial charge is 0.224 e. The monoisotopic (exact) mass is 332 g/mol. The number of fused-ring (bicyclic) bond motifs is 1. The van der Waals surface area contributed by atoms with Crippen molar-refractivity contribution in [1.82, 2.24) is 20.0 Å². The lowest BCUT2D eigenvalue weighted by Crippen LogP contribution is -2.49. The number of hydrogen-bond donors (Lipinski definition) is 1. The van der Waals surface area contributed by atoms with Crippen LogP contribution in [0.15, 0.2) is 0 Å². The maximum atomic E-state index is 12.5. The van der Waals surface area contributed by atoms with E-state index in [1.54, 1.807) is 4.68 Å². The minimum Gasteiger partial charge on any atom is -0.351 e. The molecule has 3 heterocycles. The zero-order chi connectivity index (χ0) is 17.4. The fraction of sp³-hybridized carbons (Fsp3) is 0.647. The Bertz CT molecular complexity index is 694. The van der Waals surface area contributed by atoms with Crippen LogP contribution in [0, 0.1) is 19.8 Å². The van der Waals surface area contributed by atoms with E-state index in [0.29, 0.717) is 49.7 Å². The number of hydrogen-bond acceptors (Lipinski definition) is 4. The van der Waals surface area contributed by atoms with Crippen LogP contribution in [0.1, 0.15) is 47.9 Å². The summed E-state index contributed by atoms with van der Waals surface area (Å²) in [6, 6.07) is 0.105. The zero-order valence-electron chi connectivity index (χ0n) is 14.5. The van der Waals surface area contributed by atoms with Gasteiger partial charge in [0, 0.05) is 44.2 Å². The van der Waals surface area contributed by atoms with Crippen LogP contribution in [-0.2, 0) is 16.1 Å². The lowest BCUT2D eigenvalue weighted by molar-refractivity contribution is -0.133. The van der Waals surface area contributed by atoms with Gasteiger partial charge in [-0.25, -0.2) is 0 Å². The number of ketones is 1. The molecule has 24 heavy (non-hydrogen) atoms. The second kappa shape index (κ2) is 6.37. The molecular weight excluding hydrogens is 308 g/mol. The third-order valence-electron chi connectivity index (χ3n) is 5.17. The predicted molar refractivity (Wildman–Crippen MR) is 87.6 cm³/mol. The molecular formula is C17H24N4O3. The molecule has 1 aromatic rings. The molecule has 0 bridgehead atoms. The number of likely N-dealkylation sites (tertiary alicyclic amines) is 1. The van der Waals surface area contributed by atoms with Gasteiger partial charge in [-0.3, -0.25) is 19.1 Å². The summed E-state index contributed by atoms with van der Waals surface area (Å²) < 4.78 is 1.74. The van der Waals surface area contributed by atoms with Crippen LogP contribution in [0.2, 0.25) is 0 Å². The highest BCUT2D eigenvalue weighted by molar-refractivity contribution is 5.96. The number of amides is 2. The SMILES string of the molecule is CC(=O)c1c(C)nn(CCC(=O)N2CC[C@@H]3CC(=O)N[C@@H]3C2)c1C. The highest BCUT2D eigenvalue weighted by Crippen LogP contribution is 2.26. The van der Waals surface area contributed by atoms with Gasteiger partial charge in [0.2, 0.25) is 11.8 Å². The summed E-state index contributed by atoms with van der Waals surface area (Å²) in [5, 5.41) is 7.34. The van der Waals surface area contributed by atoms with Gasteiger partial charge in [-0.2, -0.15) is 5.10 Å². The summed E-state index contributed by atoms with van der Waals surface area (Å²) in [7, 11) is 0. The molecule has 1 aromatic heterocycles. The molecule has 7 nitrogen and oxygen atoms in total. The van der Waals surface area contributed by atoms with Crippen LogP contribution in [0.4, 0.5) is 0 Å². The van der Waals surface area contributed by atoms with Gasteiger partial charge in [-0.05, 0) is 33.1 Å². The zero-order valence-corrected chi connectivity index (χ0v) is 14.5. The van der Waals surface area contributed by atoms with Gasteiger partial charge in [0.05, 0.1) is 11.3 Å². The summed E-state index contributed by atoms with van der Waals surface area (Å²) in [5.74, 6) is 0.544. The van der Waals surface area contributed by atoms with E-state index in [4.69, 9.17) is 0 Å². The molecule has 0 spiro atoms. The average Bonchev–Trinajstić information content (AvgIpc) is 3.02. The molecule has 2 amide bonds. The number of piperidine rings is 1. The van der Waals surface area contributed by atoms with Crippen LogP contribution >= 0.6 is 0 Å². The fourth-order valence-electron chi connectivity index (χ4n) is 3.92. The number of aromatic nitrogens is 2. The van der Waals surface area contributed by atoms with Gasteiger partial charge < -0.3 is 10.2 Å². The van der Waals surface area contributed by atoms with E-state index >= 15 is 0 Å². The van der Waals surface area contributed by atoms with Crippen molar-refractivity contribution in [1.29, 1.82) is 0 Å². The predicted octanol–water partition coefficient (Wildman–Crippen LogP) is 0.830. The van der Waals surface area contributed by atoms with Crippen molar-refractivity contribution >= 4 is 17.6 Å². The van der Waals surface area contributed by atoms with Crippen molar-refractivity contribution in [3.05, 3.63) is 17.0 Å². The van der Waals surface area contributed by atoms with Crippen LogP contribution < -0.4 is 5.32 Å². The quantitative estimate of drug-likeness (QED) is 0.828. The molecule has 2 atom stereocenters. The van der Waals surface area contributed by atoms with E-state index < -0.39 is 0 Å². The summed E-state index contributed by atoms with van der Waals surface area (Å²) in [6.45, 7) is 6.99. The first-order chi connectivity index (χ1) is 11.4. The van der Waals surface area contributed by atoms with Gasteiger partial charge in [0.25, 0.3) is 0 Å². The minimum absolute atomic E-state index is 0.00150. The minimum atomic E-state index is 0.00150. The van der Waals surface area contributed by atoms with Crippen molar-refractivity contribution in [2.24, 2.45) is 5.92 Å². The van der Waals surface area contributed by atoms with E-state index in [0.717, 1.165) is 12.1 Å².